The highest BCUT2D eigenvalue weighted by atomic mass is 32.1. The zero-order valence-electron chi connectivity index (χ0n) is 12.0. The number of nitrogens with zero attached hydrogens (tertiary/aromatic N) is 2. The quantitative estimate of drug-likeness (QED) is 0.852. The zero-order chi connectivity index (χ0) is 15.7. The number of nitrogens with two attached hydrogens (primary N) is 1. The first-order valence-electron chi connectivity index (χ1n) is 6.33. The molecule has 1 heterocycles. The summed E-state index contributed by atoms with van der Waals surface area (Å²) in [4.78, 5) is -0.170. The Bertz CT molecular complexity index is 709. The summed E-state index contributed by atoms with van der Waals surface area (Å²) < 4.78 is 29.5. The molecule has 21 heavy (non-hydrogen) atoms. The van der Waals surface area contributed by atoms with Crippen molar-refractivity contribution in [2.24, 2.45) is 12.8 Å². The van der Waals surface area contributed by atoms with Gasteiger partial charge in [-0.2, -0.15) is 5.10 Å². The SMILES string of the molecule is Cc1nn(C)c(C)c1CNc1ccc(C(N)=S)c(F)c1F. The second-order valence-electron chi connectivity index (χ2n) is 4.78. The van der Waals surface area contributed by atoms with Crippen molar-refractivity contribution >= 4 is 22.9 Å². The van der Waals surface area contributed by atoms with Gasteiger partial charge in [0.1, 0.15) is 4.99 Å². The predicted octanol–water partition coefficient (Wildman–Crippen LogP) is 2.56. The van der Waals surface area contributed by atoms with Crippen molar-refractivity contribution in [1.29, 1.82) is 0 Å². The highest BCUT2D eigenvalue weighted by Gasteiger charge is 2.16. The van der Waals surface area contributed by atoms with Gasteiger partial charge < -0.3 is 11.1 Å². The van der Waals surface area contributed by atoms with Crippen LogP contribution in [0.3, 0.4) is 0 Å². The van der Waals surface area contributed by atoms with Crippen LogP contribution in [-0.2, 0) is 13.6 Å². The Morgan fingerprint density at radius 1 is 1.33 bits per heavy atom. The van der Waals surface area contributed by atoms with Gasteiger partial charge in [-0.05, 0) is 26.0 Å². The second-order valence-corrected chi connectivity index (χ2v) is 5.22. The molecule has 0 atom stereocenters. The van der Waals surface area contributed by atoms with E-state index in [-0.39, 0.29) is 16.2 Å². The Hall–Kier alpha value is -2.02. The van der Waals surface area contributed by atoms with Gasteiger partial charge in [-0.3, -0.25) is 4.68 Å². The van der Waals surface area contributed by atoms with E-state index in [0.717, 1.165) is 17.0 Å². The number of thiocarbonyl (C=S) groups is 1. The molecule has 7 heteroatoms. The lowest BCUT2D eigenvalue weighted by molar-refractivity contribution is 0.509. The van der Waals surface area contributed by atoms with Crippen molar-refractivity contribution < 1.29 is 8.78 Å². The average Bonchev–Trinajstić information content (AvgIpc) is 2.65. The number of hydrogen-bond donors (Lipinski definition) is 2. The van der Waals surface area contributed by atoms with Crippen molar-refractivity contribution in [3.63, 3.8) is 0 Å². The molecule has 0 fully saturated rings. The summed E-state index contributed by atoms with van der Waals surface area (Å²) in [5.74, 6) is -2.02. The molecular formula is C14H16F2N4S. The Morgan fingerprint density at radius 3 is 2.52 bits per heavy atom. The number of aryl methyl sites for hydroxylation is 2. The first-order valence-corrected chi connectivity index (χ1v) is 6.74. The molecule has 2 rings (SSSR count). The van der Waals surface area contributed by atoms with E-state index in [2.05, 4.69) is 22.6 Å². The summed E-state index contributed by atoms with van der Waals surface area (Å²) in [6.45, 7) is 4.15. The molecule has 0 amide bonds. The minimum Gasteiger partial charge on any atom is -0.389 e. The van der Waals surface area contributed by atoms with E-state index in [1.165, 1.54) is 12.1 Å². The topological polar surface area (TPSA) is 55.9 Å². The standard InChI is InChI=1S/C14H16F2N4S/c1-7-10(8(2)20(3)19-7)6-18-11-5-4-9(14(17)21)12(15)13(11)16/h4-5,18H,6H2,1-3H3,(H2,17,21). The summed E-state index contributed by atoms with van der Waals surface area (Å²) >= 11 is 4.67. The van der Waals surface area contributed by atoms with Crippen molar-refractivity contribution in [2.75, 3.05) is 5.32 Å². The maximum absolute atomic E-state index is 14.0. The van der Waals surface area contributed by atoms with E-state index in [9.17, 15) is 8.78 Å². The summed E-state index contributed by atoms with van der Waals surface area (Å²) in [6.07, 6.45) is 0. The number of anilines is 1. The molecule has 2 aromatic rings. The van der Waals surface area contributed by atoms with Gasteiger partial charge in [0.15, 0.2) is 11.6 Å². The van der Waals surface area contributed by atoms with Gasteiger partial charge in [-0.15, -0.1) is 0 Å². The van der Waals surface area contributed by atoms with Gasteiger partial charge in [0.05, 0.1) is 11.4 Å². The van der Waals surface area contributed by atoms with Crippen LogP contribution in [0, 0.1) is 25.5 Å². The summed E-state index contributed by atoms with van der Waals surface area (Å²) in [5.41, 5.74) is 8.08. The fourth-order valence-electron chi connectivity index (χ4n) is 2.13. The van der Waals surface area contributed by atoms with Crippen molar-refractivity contribution in [3.8, 4) is 0 Å². The van der Waals surface area contributed by atoms with Crippen molar-refractivity contribution in [2.45, 2.75) is 20.4 Å². The molecule has 0 bridgehead atoms. The van der Waals surface area contributed by atoms with E-state index < -0.39 is 11.6 Å². The van der Waals surface area contributed by atoms with Gasteiger partial charge in [0.2, 0.25) is 0 Å². The number of hydrogen-bond acceptors (Lipinski definition) is 3. The monoisotopic (exact) mass is 310 g/mol. The zero-order valence-corrected chi connectivity index (χ0v) is 12.8. The number of nitrogens with one attached hydrogen (secondary N) is 1. The van der Waals surface area contributed by atoms with Gasteiger partial charge in [-0.25, -0.2) is 8.78 Å². The third-order valence-corrected chi connectivity index (χ3v) is 3.68. The van der Waals surface area contributed by atoms with E-state index in [4.69, 9.17) is 5.73 Å². The van der Waals surface area contributed by atoms with Crippen LogP contribution in [-0.4, -0.2) is 14.8 Å². The van der Waals surface area contributed by atoms with Gasteiger partial charge in [-0.1, -0.05) is 12.2 Å². The smallest absolute Gasteiger partial charge is 0.182 e. The Morgan fingerprint density at radius 2 is 2.00 bits per heavy atom. The minimum atomic E-state index is -1.04. The molecule has 0 saturated carbocycles. The minimum absolute atomic E-state index is 0.0650. The number of aromatic nitrogens is 2. The molecule has 0 radical (unpaired) electrons. The largest absolute Gasteiger partial charge is 0.389 e. The number of halogens is 2. The van der Waals surface area contributed by atoms with E-state index in [1.807, 2.05) is 20.9 Å². The maximum Gasteiger partial charge on any atom is 0.182 e. The van der Waals surface area contributed by atoms with Crippen LogP contribution in [0.2, 0.25) is 0 Å². The molecule has 1 aromatic carbocycles. The second kappa shape index (κ2) is 5.77. The highest BCUT2D eigenvalue weighted by molar-refractivity contribution is 7.80. The Kier molecular flexibility index (Phi) is 4.22. The summed E-state index contributed by atoms with van der Waals surface area (Å²) in [5, 5.41) is 7.15. The van der Waals surface area contributed by atoms with Gasteiger partial charge in [0.25, 0.3) is 0 Å². The normalized spacial score (nSPS) is 10.7. The molecule has 0 spiro atoms. The molecule has 112 valence electrons. The lowest BCUT2D eigenvalue weighted by atomic mass is 10.1. The summed E-state index contributed by atoms with van der Waals surface area (Å²) in [7, 11) is 1.84. The fourth-order valence-corrected chi connectivity index (χ4v) is 2.29. The van der Waals surface area contributed by atoms with Crippen LogP contribution < -0.4 is 11.1 Å². The lowest BCUT2D eigenvalue weighted by Gasteiger charge is -2.10. The van der Waals surface area contributed by atoms with E-state index >= 15 is 0 Å². The predicted molar refractivity (Wildman–Crippen MR) is 82.3 cm³/mol. The molecule has 0 aliphatic rings. The first-order chi connectivity index (χ1) is 9.82. The Labute approximate surface area is 127 Å². The third kappa shape index (κ3) is 2.87. The number of rotatable bonds is 4. The van der Waals surface area contributed by atoms with E-state index in [1.54, 1.807) is 4.68 Å². The van der Waals surface area contributed by atoms with Crippen LogP contribution in [0.15, 0.2) is 12.1 Å². The molecule has 1 aromatic heterocycles. The third-order valence-electron chi connectivity index (χ3n) is 3.46. The summed E-state index contributed by atoms with van der Waals surface area (Å²) in [6, 6.07) is 2.79. The van der Waals surface area contributed by atoms with Gasteiger partial charge >= 0.3 is 0 Å². The van der Waals surface area contributed by atoms with Crippen LogP contribution in [0.4, 0.5) is 14.5 Å². The van der Waals surface area contributed by atoms with Crippen LogP contribution in [0.25, 0.3) is 0 Å². The molecule has 0 saturated heterocycles. The maximum atomic E-state index is 14.0. The van der Waals surface area contributed by atoms with Crippen LogP contribution in [0.5, 0.6) is 0 Å². The van der Waals surface area contributed by atoms with E-state index in [0.29, 0.717) is 6.54 Å². The van der Waals surface area contributed by atoms with Gasteiger partial charge in [0, 0.05) is 30.4 Å². The molecule has 3 N–H and O–H groups in total. The molecule has 4 nitrogen and oxygen atoms in total. The average molecular weight is 310 g/mol. The molecular weight excluding hydrogens is 294 g/mol. The van der Waals surface area contributed by atoms with Crippen LogP contribution >= 0.6 is 12.2 Å². The fraction of sp³-hybridized carbons (Fsp3) is 0.286. The molecule has 0 aliphatic heterocycles. The molecule has 0 unspecified atom stereocenters. The Balaban J connectivity index is 2.25. The van der Waals surface area contributed by atoms with Crippen molar-refractivity contribution in [3.05, 3.63) is 46.3 Å². The lowest BCUT2D eigenvalue weighted by Crippen LogP contribution is -2.14. The van der Waals surface area contributed by atoms with Crippen LogP contribution in [0.1, 0.15) is 22.5 Å². The molecule has 0 aliphatic carbocycles. The van der Waals surface area contributed by atoms with Crippen molar-refractivity contribution in [1.82, 2.24) is 9.78 Å². The highest BCUT2D eigenvalue weighted by Crippen LogP contribution is 2.22. The first kappa shape index (κ1) is 15.4. The number of benzene rings is 1.